The molecular weight excluding hydrogens is 252 g/mol. The summed E-state index contributed by atoms with van der Waals surface area (Å²) in [6.45, 7) is 2.13. The fourth-order valence-corrected chi connectivity index (χ4v) is 2.07. The zero-order chi connectivity index (χ0) is 10.8. The Hall–Kier alpha value is -1.27. The molecule has 0 saturated heterocycles. The number of rotatable bonds is 2. The lowest BCUT2D eigenvalue weighted by Crippen LogP contribution is -1.85. The average molecular weight is 263 g/mol. The summed E-state index contributed by atoms with van der Waals surface area (Å²) in [6.07, 6.45) is 3.04. The van der Waals surface area contributed by atoms with Crippen molar-refractivity contribution in [2.45, 2.75) is 18.2 Å². The van der Waals surface area contributed by atoms with Gasteiger partial charge in [-0.2, -0.15) is 5.26 Å². The third kappa shape index (κ3) is 1.78. The molecule has 2 nitrogen and oxygen atoms in total. The Labute approximate surface area is 97.0 Å². The van der Waals surface area contributed by atoms with Gasteiger partial charge in [-0.3, -0.25) is 0 Å². The number of H-pyrrole nitrogens is 1. The molecule has 76 valence electrons. The number of nitrogens with zero attached hydrogens (tertiary/aromatic N) is 1. The maximum absolute atomic E-state index is 8.85. The summed E-state index contributed by atoms with van der Waals surface area (Å²) in [5.41, 5.74) is 3.02. The number of hydrogen-bond acceptors (Lipinski definition) is 1. The van der Waals surface area contributed by atoms with Crippen molar-refractivity contribution in [1.82, 2.24) is 4.98 Å². The summed E-state index contributed by atoms with van der Waals surface area (Å²) >= 11 is 3.63. The fourth-order valence-electron chi connectivity index (χ4n) is 1.69. The summed E-state index contributed by atoms with van der Waals surface area (Å²) in [4.78, 5) is 3.56. The van der Waals surface area contributed by atoms with Crippen molar-refractivity contribution in [3.63, 3.8) is 0 Å². The van der Waals surface area contributed by atoms with Gasteiger partial charge in [0, 0.05) is 21.9 Å². The van der Waals surface area contributed by atoms with Crippen molar-refractivity contribution in [1.29, 1.82) is 5.26 Å². The Balaban J connectivity index is 2.62. The van der Waals surface area contributed by atoms with Crippen LogP contribution in [0.4, 0.5) is 0 Å². The van der Waals surface area contributed by atoms with Crippen molar-refractivity contribution in [3.05, 3.63) is 35.5 Å². The predicted molar refractivity (Wildman–Crippen MR) is 65.0 cm³/mol. The van der Waals surface area contributed by atoms with E-state index in [1.807, 2.05) is 24.4 Å². The van der Waals surface area contributed by atoms with Gasteiger partial charge in [0.1, 0.15) is 0 Å². The minimum Gasteiger partial charge on any atom is -0.361 e. The van der Waals surface area contributed by atoms with Crippen LogP contribution in [0, 0.1) is 11.3 Å². The average Bonchev–Trinajstić information content (AvgIpc) is 2.70. The largest absolute Gasteiger partial charge is 0.361 e. The van der Waals surface area contributed by atoms with Crippen LogP contribution < -0.4 is 0 Å². The van der Waals surface area contributed by atoms with Gasteiger partial charge in [0.2, 0.25) is 0 Å². The van der Waals surface area contributed by atoms with Crippen LogP contribution in [-0.4, -0.2) is 4.98 Å². The standard InChI is InChI=1S/C12H11BrN2/c1-2-11(13)10-7-15-12-4-3-8(6-14)5-9(10)12/h3-5,7,11,15H,2H2,1H3. The SMILES string of the molecule is CCC(Br)c1c[nH]c2ccc(C#N)cc12. The first-order valence-corrected chi connectivity index (χ1v) is 5.83. The van der Waals surface area contributed by atoms with E-state index in [1.165, 1.54) is 5.56 Å². The van der Waals surface area contributed by atoms with Gasteiger partial charge in [-0.15, -0.1) is 0 Å². The third-order valence-electron chi connectivity index (χ3n) is 2.54. The molecule has 0 spiro atoms. The van der Waals surface area contributed by atoms with Gasteiger partial charge in [-0.1, -0.05) is 22.9 Å². The van der Waals surface area contributed by atoms with E-state index in [0.29, 0.717) is 10.4 Å². The van der Waals surface area contributed by atoms with Crippen LogP contribution in [0.15, 0.2) is 24.4 Å². The molecule has 0 amide bonds. The van der Waals surface area contributed by atoms with E-state index < -0.39 is 0 Å². The molecule has 0 radical (unpaired) electrons. The number of halogens is 1. The van der Waals surface area contributed by atoms with Gasteiger partial charge < -0.3 is 4.98 Å². The second kappa shape index (κ2) is 4.08. The smallest absolute Gasteiger partial charge is 0.0991 e. The molecule has 2 rings (SSSR count). The molecule has 1 aromatic carbocycles. The molecular formula is C12H11BrN2. The van der Waals surface area contributed by atoms with E-state index in [2.05, 4.69) is 33.9 Å². The van der Waals surface area contributed by atoms with Crippen molar-refractivity contribution >= 4 is 26.8 Å². The van der Waals surface area contributed by atoms with Gasteiger partial charge in [-0.05, 0) is 30.2 Å². The Morgan fingerprint density at radius 2 is 2.33 bits per heavy atom. The van der Waals surface area contributed by atoms with E-state index >= 15 is 0 Å². The Bertz CT molecular complexity index is 522. The molecule has 15 heavy (non-hydrogen) atoms. The zero-order valence-electron chi connectivity index (χ0n) is 8.42. The third-order valence-corrected chi connectivity index (χ3v) is 3.68. The van der Waals surface area contributed by atoms with Gasteiger partial charge in [0.05, 0.1) is 11.6 Å². The second-order valence-corrected chi connectivity index (χ2v) is 4.60. The second-order valence-electron chi connectivity index (χ2n) is 3.49. The van der Waals surface area contributed by atoms with Crippen molar-refractivity contribution in [2.24, 2.45) is 0 Å². The normalized spacial score (nSPS) is 12.6. The topological polar surface area (TPSA) is 39.6 Å². The summed E-state index contributed by atoms with van der Waals surface area (Å²) < 4.78 is 0. The number of fused-ring (bicyclic) bond motifs is 1. The molecule has 2 aromatic rings. The molecule has 0 aliphatic carbocycles. The highest BCUT2D eigenvalue weighted by Crippen LogP contribution is 2.32. The van der Waals surface area contributed by atoms with Crippen molar-refractivity contribution in [2.75, 3.05) is 0 Å². The maximum atomic E-state index is 8.85. The van der Waals surface area contributed by atoms with Crippen LogP contribution in [-0.2, 0) is 0 Å². The maximum Gasteiger partial charge on any atom is 0.0991 e. The molecule has 3 heteroatoms. The van der Waals surface area contributed by atoms with Crippen LogP contribution in [0.2, 0.25) is 0 Å². The van der Waals surface area contributed by atoms with Gasteiger partial charge in [0.25, 0.3) is 0 Å². The van der Waals surface area contributed by atoms with E-state index in [0.717, 1.165) is 17.3 Å². The van der Waals surface area contributed by atoms with E-state index in [9.17, 15) is 0 Å². The first kappa shape index (κ1) is 10.3. The van der Waals surface area contributed by atoms with Crippen LogP contribution in [0.3, 0.4) is 0 Å². The zero-order valence-corrected chi connectivity index (χ0v) is 10.0. The molecule has 0 fully saturated rings. The minimum absolute atomic E-state index is 0.347. The minimum atomic E-state index is 0.347. The van der Waals surface area contributed by atoms with Gasteiger partial charge in [0.15, 0.2) is 0 Å². The van der Waals surface area contributed by atoms with Crippen LogP contribution in [0.1, 0.15) is 29.3 Å². The van der Waals surface area contributed by atoms with Gasteiger partial charge >= 0.3 is 0 Å². The summed E-state index contributed by atoms with van der Waals surface area (Å²) in [5, 5.41) is 9.99. The van der Waals surface area contributed by atoms with Gasteiger partial charge in [-0.25, -0.2) is 0 Å². The lowest BCUT2D eigenvalue weighted by molar-refractivity contribution is 0.918. The van der Waals surface area contributed by atoms with E-state index in [1.54, 1.807) is 0 Å². The summed E-state index contributed by atoms with van der Waals surface area (Å²) in [5.74, 6) is 0. The fraction of sp³-hybridized carbons (Fsp3) is 0.250. The lowest BCUT2D eigenvalue weighted by atomic mass is 10.1. The first-order valence-electron chi connectivity index (χ1n) is 4.91. The first-order chi connectivity index (χ1) is 7.26. The molecule has 0 aliphatic rings. The molecule has 0 bridgehead atoms. The number of aromatic nitrogens is 1. The molecule has 1 aromatic heterocycles. The number of nitriles is 1. The summed E-state index contributed by atoms with van der Waals surface area (Å²) in [6, 6.07) is 7.88. The Morgan fingerprint density at radius 1 is 1.53 bits per heavy atom. The van der Waals surface area contributed by atoms with E-state index in [4.69, 9.17) is 5.26 Å². The molecule has 1 heterocycles. The highest BCUT2D eigenvalue weighted by Gasteiger charge is 2.11. The monoisotopic (exact) mass is 262 g/mol. The lowest BCUT2D eigenvalue weighted by Gasteiger charge is -2.04. The number of aromatic amines is 1. The van der Waals surface area contributed by atoms with Crippen LogP contribution in [0.5, 0.6) is 0 Å². The Morgan fingerprint density at radius 3 is 3.00 bits per heavy atom. The Kier molecular flexibility index (Phi) is 2.79. The highest BCUT2D eigenvalue weighted by atomic mass is 79.9. The van der Waals surface area contributed by atoms with Crippen LogP contribution >= 0.6 is 15.9 Å². The van der Waals surface area contributed by atoms with E-state index in [-0.39, 0.29) is 0 Å². The molecule has 1 N–H and O–H groups in total. The van der Waals surface area contributed by atoms with Crippen LogP contribution in [0.25, 0.3) is 10.9 Å². The number of hydrogen-bond donors (Lipinski definition) is 1. The highest BCUT2D eigenvalue weighted by molar-refractivity contribution is 9.09. The van der Waals surface area contributed by atoms with Crippen molar-refractivity contribution in [3.8, 4) is 6.07 Å². The van der Waals surface area contributed by atoms with Crippen molar-refractivity contribution < 1.29 is 0 Å². The molecule has 1 atom stereocenters. The number of nitrogens with one attached hydrogen (secondary N) is 1. The summed E-state index contributed by atoms with van der Waals surface area (Å²) in [7, 11) is 0. The molecule has 0 aliphatic heterocycles. The molecule has 0 saturated carbocycles. The number of alkyl halides is 1. The quantitative estimate of drug-likeness (QED) is 0.820. The molecule has 1 unspecified atom stereocenters. The predicted octanol–water partition coefficient (Wildman–Crippen LogP) is 3.89. The number of benzene rings is 1.